The van der Waals surface area contributed by atoms with E-state index in [1.165, 1.54) is 44.9 Å². The van der Waals surface area contributed by atoms with Crippen LogP contribution in [0.1, 0.15) is 98.8 Å². The summed E-state index contributed by atoms with van der Waals surface area (Å²) in [5.74, 6) is 3.87. The number of rotatable bonds is 3. The first-order valence-corrected chi connectivity index (χ1v) is 11.8. The van der Waals surface area contributed by atoms with Crippen molar-refractivity contribution < 1.29 is 4.79 Å². The Hall–Kier alpha value is -0.590. The second-order valence-electron chi connectivity index (χ2n) is 11.6. The minimum atomic E-state index is 0.0717. The van der Waals surface area contributed by atoms with E-state index in [2.05, 4.69) is 47.3 Å². The molecule has 4 aliphatic rings. The van der Waals surface area contributed by atoms with Crippen LogP contribution >= 0.6 is 0 Å². The Morgan fingerprint density at radius 3 is 2.30 bits per heavy atom. The third-order valence-corrected chi connectivity index (χ3v) is 11.4. The minimum Gasteiger partial charge on any atom is -0.300 e. The molecule has 1 heteroatoms. The third kappa shape index (κ3) is 2.32. The smallest absolute Gasteiger partial charge is 0.133 e. The first kappa shape index (κ1) is 19.7. The van der Waals surface area contributed by atoms with Gasteiger partial charge in [-0.05, 0) is 84.9 Å². The van der Waals surface area contributed by atoms with Crippen molar-refractivity contribution in [2.24, 2.45) is 45.3 Å². The summed E-state index contributed by atoms with van der Waals surface area (Å²) >= 11 is 0. The normalized spacial score (nSPS) is 53.2. The predicted octanol–water partition coefficient (Wildman–Crippen LogP) is 7.21. The highest BCUT2D eigenvalue weighted by atomic mass is 16.1. The van der Waals surface area contributed by atoms with Gasteiger partial charge in [0.1, 0.15) is 5.78 Å². The summed E-state index contributed by atoms with van der Waals surface area (Å²) in [6.45, 7) is 17.0. The van der Waals surface area contributed by atoms with E-state index in [0.717, 1.165) is 42.9 Å². The van der Waals surface area contributed by atoms with E-state index >= 15 is 0 Å². The fourth-order valence-corrected chi connectivity index (χ4v) is 9.18. The van der Waals surface area contributed by atoms with E-state index in [-0.39, 0.29) is 10.8 Å². The Bertz CT molecular complexity index is 636. The number of fused-ring (bicyclic) bond motifs is 5. The molecular formula is C26H42O. The highest BCUT2D eigenvalue weighted by Crippen LogP contribution is 2.75. The van der Waals surface area contributed by atoms with Crippen LogP contribution in [0.5, 0.6) is 0 Å². The van der Waals surface area contributed by atoms with Crippen molar-refractivity contribution in [2.75, 3.05) is 0 Å². The lowest BCUT2D eigenvalue weighted by molar-refractivity contribution is -0.179. The SMILES string of the molecule is C=C[C@@]12CC[C@@H]3C(CC[C@]4(C)C(C(C)CC)CC[C@@]34C)[C@@]1(C)CCC(=O)C2. The van der Waals surface area contributed by atoms with Crippen LogP contribution in [0.2, 0.25) is 0 Å². The van der Waals surface area contributed by atoms with Crippen LogP contribution in [-0.2, 0) is 4.79 Å². The van der Waals surface area contributed by atoms with Gasteiger partial charge < -0.3 is 0 Å². The third-order valence-electron chi connectivity index (χ3n) is 11.4. The number of allylic oxidation sites excluding steroid dienone is 1. The lowest BCUT2D eigenvalue weighted by Gasteiger charge is -2.67. The first-order valence-electron chi connectivity index (χ1n) is 11.8. The predicted molar refractivity (Wildman–Crippen MR) is 113 cm³/mol. The summed E-state index contributed by atoms with van der Waals surface area (Å²) in [6.07, 6.45) is 14.4. The van der Waals surface area contributed by atoms with Crippen molar-refractivity contribution in [2.45, 2.75) is 98.8 Å². The summed E-state index contributed by atoms with van der Waals surface area (Å²) in [6, 6.07) is 0. The summed E-state index contributed by atoms with van der Waals surface area (Å²) in [7, 11) is 0. The van der Waals surface area contributed by atoms with Crippen molar-refractivity contribution in [1.82, 2.24) is 0 Å². The summed E-state index contributed by atoms with van der Waals surface area (Å²) in [4.78, 5) is 12.4. The molecule has 8 atom stereocenters. The molecule has 4 rings (SSSR count). The molecule has 152 valence electrons. The van der Waals surface area contributed by atoms with Crippen LogP contribution in [0.4, 0.5) is 0 Å². The molecule has 0 spiro atoms. The molecule has 0 saturated heterocycles. The average Bonchev–Trinajstić information content (AvgIpc) is 2.93. The van der Waals surface area contributed by atoms with Gasteiger partial charge in [0.15, 0.2) is 0 Å². The van der Waals surface area contributed by atoms with E-state index in [1.807, 2.05) is 0 Å². The second kappa shape index (κ2) is 6.20. The maximum atomic E-state index is 12.4. The zero-order valence-corrected chi connectivity index (χ0v) is 18.6. The fraction of sp³-hybridized carbons (Fsp3) is 0.885. The number of hydrogen-bond acceptors (Lipinski definition) is 1. The van der Waals surface area contributed by atoms with Gasteiger partial charge in [-0.3, -0.25) is 4.79 Å². The van der Waals surface area contributed by atoms with Gasteiger partial charge in [0.25, 0.3) is 0 Å². The molecule has 0 aromatic rings. The van der Waals surface area contributed by atoms with Crippen molar-refractivity contribution in [3.8, 4) is 0 Å². The van der Waals surface area contributed by atoms with E-state index in [4.69, 9.17) is 0 Å². The van der Waals surface area contributed by atoms with Crippen LogP contribution in [0.3, 0.4) is 0 Å². The van der Waals surface area contributed by atoms with E-state index < -0.39 is 0 Å². The molecule has 4 saturated carbocycles. The molecule has 0 aliphatic heterocycles. The maximum Gasteiger partial charge on any atom is 0.133 e. The number of Topliss-reactive ketones (excluding diaryl/α,β-unsaturated/α-hetero) is 1. The molecule has 3 unspecified atom stereocenters. The monoisotopic (exact) mass is 370 g/mol. The van der Waals surface area contributed by atoms with E-state index in [9.17, 15) is 4.79 Å². The van der Waals surface area contributed by atoms with Gasteiger partial charge in [-0.25, -0.2) is 0 Å². The quantitative estimate of drug-likeness (QED) is 0.480. The topological polar surface area (TPSA) is 17.1 Å². The molecule has 1 nitrogen and oxygen atoms in total. The highest BCUT2D eigenvalue weighted by molar-refractivity contribution is 5.80. The Balaban J connectivity index is 1.72. The molecule has 0 amide bonds. The van der Waals surface area contributed by atoms with Gasteiger partial charge in [0.2, 0.25) is 0 Å². The largest absolute Gasteiger partial charge is 0.300 e. The van der Waals surface area contributed by atoms with Crippen LogP contribution in [0.15, 0.2) is 12.7 Å². The van der Waals surface area contributed by atoms with Crippen molar-refractivity contribution in [3.63, 3.8) is 0 Å². The highest BCUT2D eigenvalue weighted by Gasteiger charge is 2.68. The second-order valence-corrected chi connectivity index (χ2v) is 11.6. The average molecular weight is 371 g/mol. The standard InChI is InChI=1S/C26H42O/c1-7-18(3)20-10-14-24(5)21-12-16-26(8-2)17-19(27)9-13-25(26,6)22(21)11-15-23(20,24)4/h8,18,20-22H,2,7,9-17H2,1,3-6H3/t18?,20?,21-,22?,23-,24+,25-,26+/m1/s1. The van der Waals surface area contributed by atoms with Crippen LogP contribution in [0.25, 0.3) is 0 Å². The lowest BCUT2D eigenvalue weighted by atomic mass is 9.37. The molecule has 4 aliphatic carbocycles. The number of hydrogen-bond donors (Lipinski definition) is 0. The summed E-state index contributed by atoms with van der Waals surface area (Å²) in [5, 5.41) is 0. The Morgan fingerprint density at radius 2 is 1.63 bits per heavy atom. The molecule has 0 aromatic carbocycles. The van der Waals surface area contributed by atoms with E-state index in [1.54, 1.807) is 0 Å². The molecule has 0 bridgehead atoms. The number of carbonyl (C=O) groups excluding carboxylic acids is 1. The van der Waals surface area contributed by atoms with Crippen molar-refractivity contribution in [1.29, 1.82) is 0 Å². The zero-order chi connectivity index (χ0) is 19.7. The van der Waals surface area contributed by atoms with E-state index in [0.29, 0.717) is 16.6 Å². The molecule has 27 heavy (non-hydrogen) atoms. The van der Waals surface area contributed by atoms with Crippen LogP contribution < -0.4 is 0 Å². The van der Waals surface area contributed by atoms with Gasteiger partial charge in [0, 0.05) is 18.3 Å². The molecule has 0 heterocycles. The zero-order valence-electron chi connectivity index (χ0n) is 18.6. The molecule has 0 aromatic heterocycles. The Kier molecular flexibility index (Phi) is 4.53. The lowest BCUT2D eigenvalue weighted by Crippen LogP contribution is -2.61. The Labute approximate surface area is 167 Å². The van der Waals surface area contributed by atoms with Crippen molar-refractivity contribution in [3.05, 3.63) is 12.7 Å². The minimum absolute atomic E-state index is 0.0717. The Morgan fingerprint density at radius 1 is 1.00 bits per heavy atom. The van der Waals surface area contributed by atoms with Gasteiger partial charge in [-0.15, -0.1) is 6.58 Å². The fourth-order valence-electron chi connectivity index (χ4n) is 9.18. The van der Waals surface area contributed by atoms with Gasteiger partial charge >= 0.3 is 0 Å². The van der Waals surface area contributed by atoms with Gasteiger partial charge in [-0.1, -0.05) is 47.1 Å². The molecule has 0 N–H and O–H groups in total. The van der Waals surface area contributed by atoms with Gasteiger partial charge in [0.05, 0.1) is 0 Å². The number of carbonyl (C=O) groups is 1. The van der Waals surface area contributed by atoms with Crippen molar-refractivity contribution >= 4 is 5.78 Å². The summed E-state index contributed by atoms with van der Waals surface area (Å²) < 4.78 is 0. The molecular weight excluding hydrogens is 328 g/mol. The maximum absolute atomic E-state index is 12.4. The summed E-state index contributed by atoms with van der Waals surface area (Å²) in [5.41, 5.74) is 1.35. The number of ketones is 1. The first-order chi connectivity index (χ1) is 12.7. The van der Waals surface area contributed by atoms with Crippen LogP contribution in [0, 0.1) is 45.3 Å². The molecule has 4 fully saturated rings. The molecule has 0 radical (unpaired) electrons. The van der Waals surface area contributed by atoms with Gasteiger partial charge in [-0.2, -0.15) is 0 Å². The van der Waals surface area contributed by atoms with Crippen LogP contribution in [-0.4, -0.2) is 5.78 Å².